The minimum atomic E-state index is -3.57. The zero-order valence-electron chi connectivity index (χ0n) is 24.2. The third-order valence-corrected chi connectivity index (χ3v) is 9.55. The molecule has 4 rings (SSSR count). The first-order valence-electron chi connectivity index (χ1n) is 14.2. The van der Waals surface area contributed by atoms with Gasteiger partial charge in [-0.25, -0.2) is 17.5 Å². The number of likely N-dealkylation sites (tertiary alicyclic amines) is 1. The Hall–Kier alpha value is -3.01. The van der Waals surface area contributed by atoms with Crippen LogP contribution in [0.15, 0.2) is 109 Å². The first-order valence-corrected chi connectivity index (χ1v) is 15.7. The number of carbonyl (C=O) groups excluding carboxylic acids is 1. The topological polar surface area (TPSA) is 79.0 Å². The van der Waals surface area contributed by atoms with Gasteiger partial charge in [0.1, 0.15) is 12.6 Å². The molecule has 0 saturated carbocycles. The number of piperidine rings is 1. The summed E-state index contributed by atoms with van der Waals surface area (Å²) in [6, 6.07) is 28.1. The molecule has 0 radical (unpaired) electrons. The molecule has 0 amide bonds. The summed E-state index contributed by atoms with van der Waals surface area (Å²) in [6.45, 7) is 7.16. The number of sulfonamides is 1. The average molecular weight is 612 g/mol. The molecule has 0 spiro atoms. The number of rotatable bonds is 14. The van der Waals surface area contributed by atoms with Crippen LogP contribution in [-0.4, -0.2) is 68.9 Å². The van der Waals surface area contributed by atoms with E-state index in [1.807, 2.05) is 54.6 Å². The molecule has 2 unspecified atom stereocenters. The van der Waals surface area contributed by atoms with Crippen molar-refractivity contribution in [2.75, 3.05) is 33.2 Å². The van der Waals surface area contributed by atoms with Crippen LogP contribution in [0, 0.1) is 0 Å². The summed E-state index contributed by atoms with van der Waals surface area (Å²) in [5.74, 6) is -0.244. The monoisotopic (exact) mass is 611 g/mol. The first kappa shape index (κ1) is 33.5. The van der Waals surface area contributed by atoms with Crippen molar-refractivity contribution in [1.29, 1.82) is 0 Å². The number of hydrogen-bond donors (Lipinski definition) is 1. The van der Waals surface area contributed by atoms with Gasteiger partial charge in [-0.2, -0.15) is 0 Å². The lowest BCUT2D eigenvalue weighted by Crippen LogP contribution is -2.48. The molecule has 0 bridgehead atoms. The van der Waals surface area contributed by atoms with Crippen molar-refractivity contribution in [3.8, 4) is 0 Å². The number of nitrogens with zero attached hydrogens (tertiary/aromatic N) is 2. The summed E-state index contributed by atoms with van der Waals surface area (Å²) in [4.78, 5) is 15.4. The average Bonchev–Trinajstić information content (AvgIpc) is 3.02. The SMILES string of the molecule is C=CC(NC1CCN(CCC(CN(C)S(=O)(=O)c2ccccc2)c2ccccc2)CC1)C(=O)OCc1ccccc1.Cl. The number of carbonyl (C=O) groups is 1. The van der Waals surface area contributed by atoms with Crippen LogP contribution in [-0.2, 0) is 26.2 Å². The van der Waals surface area contributed by atoms with Gasteiger partial charge in [-0.05, 0) is 68.1 Å². The van der Waals surface area contributed by atoms with Crippen LogP contribution in [0.1, 0.15) is 36.3 Å². The molecular weight excluding hydrogens is 570 g/mol. The molecule has 1 heterocycles. The van der Waals surface area contributed by atoms with Gasteiger partial charge in [0.2, 0.25) is 10.0 Å². The number of ether oxygens (including phenoxy) is 1. The van der Waals surface area contributed by atoms with E-state index in [4.69, 9.17) is 4.74 Å². The summed E-state index contributed by atoms with van der Waals surface area (Å²) in [6.07, 6.45) is 4.28. The highest BCUT2D eigenvalue weighted by Gasteiger charge is 2.27. The zero-order valence-corrected chi connectivity index (χ0v) is 25.8. The highest BCUT2D eigenvalue weighted by molar-refractivity contribution is 7.89. The lowest BCUT2D eigenvalue weighted by atomic mass is 9.94. The van der Waals surface area contributed by atoms with Gasteiger partial charge in [0.25, 0.3) is 0 Å². The van der Waals surface area contributed by atoms with Crippen LogP contribution in [0.25, 0.3) is 0 Å². The van der Waals surface area contributed by atoms with Crippen molar-refractivity contribution in [2.45, 2.75) is 48.8 Å². The second-order valence-electron chi connectivity index (χ2n) is 10.6. The second kappa shape index (κ2) is 16.6. The predicted molar refractivity (Wildman–Crippen MR) is 170 cm³/mol. The minimum absolute atomic E-state index is 0. The number of benzene rings is 3. The van der Waals surface area contributed by atoms with Crippen molar-refractivity contribution < 1.29 is 17.9 Å². The number of likely N-dealkylation sites (N-methyl/N-ethyl adjacent to an activating group) is 1. The lowest BCUT2D eigenvalue weighted by molar-refractivity contribution is -0.146. The first-order chi connectivity index (χ1) is 19.9. The second-order valence-corrected chi connectivity index (χ2v) is 12.6. The fraction of sp³-hybridized carbons (Fsp3) is 0.364. The van der Waals surface area contributed by atoms with Gasteiger partial charge in [-0.3, -0.25) is 5.32 Å². The molecule has 1 N–H and O–H groups in total. The van der Waals surface area contributed by atoms with Gasteiger partial charge in [0, 0.05) is 19.6 Å². The van der Waals surface area contributed by atoms with Gasteiger partial charge in [-0.15, -0.1) is 19.0 Å². The zero-order chi connectivity index (χ0) is 29.1. The normalized spacial score (nSPS) is 15.9. The van der Waals surface area contributed by atoms with Crippen molar-refractivity contribution in [2.24, 2.45) is 0 Å². The van der Waals surface area contributed by atoms with Crippen molar-refractivity contribution in [1.82, 2.24) is 14.5 Å². The summed E-state index contributed by atoms with van der Waals surface area (Å²) >= 11 is 0. The Balaban J connectivity index is 0.00000484. The molecule has 7 nitrogen and oxygen atoms in total. The van der Waals surface area contributed by atoms with Crippen LogP contribution >= 0.6 is 12.4 Å². The predicted octanol–water partition coefficient (Wildman–Crippen LogP) is 5.25. The summed E-state index contributed by atoms with van der Waals surface area (Å²) in [7, 11) is -1.91. The van der Waals surface area contributed by atoms with E-state index < -0.39 is 16.1 Å². The molecule has 226 valence electrons. The molecule has 1 fully saturated rings. The number of halogens is 1. The van der Waals surface area contributed by atoms with Crippen LogP contribution in [0.5, 0.6) is 0 Å². The highest BCUT2D eigenvalue weighted by atomic mass is 35.5. The van der Waals surface area contributed by atoms with E-state index in [1.165, 1.54) is 4.31 Å². The quantitative estimate of drug-likeness (QED) is 0.198. The maximum atomic E-state index is 13.2. The van der Waals surface area contributed by atoms with Gasteiger partial charge < -0.3 is 9.64 Å². The smallest absolute Gasteiger partial charge is 0.327 e. The fourth-order valence-electron chi connectivity index (χ4n) is 5.24. The molecule has 0 aliphatic carbocycles. The Morgan fingerprint density at radius 1 is 1.00 bits per heavy atom. The molecule has 1 aliphatic heterocycles. The van der Waals surface area contributed by atoms with E-state index >= 15 is 0 Å². The molecular formula is C33H42ClN3O4S. The van der Waals surface area contributed by atoms with E-state index in [0.29, 0.717) is 11.4 Å². The van der Waals surface area contributed by atoms with E-state index in [2.05, 4.69) is 28.9 Å². The van der Waals surface area contributed by atoms with E-state index in [0.717, 1.165) is 50.0 Å². The lowest BCUT2D eigenvalue weighted by Gasteiger charge is -2.34. The van der Waals surface area contributed by atoms with Crippen LogP contribution in [0.3, 0.4) is 0 Å². The molecule has 1 aliphatic rings. The van der Waals surface area contributed by atoms with Crippen molar-refractivity contribution >= 4 is 28.4 Å². The summed E-state index contributed by atoms with van der Waals surface area (Å²) < 4.78 is 33.3. The molecule has 3 aromatic rings. The Bertz CT molecular complexity index is 1340. The van der Waals surface area contributed by atoms with Crippen molar-refractivity contribution in [3.05, 3.63) is 115 Å². The maximum Gasteiger partial charge on any atom is 0.327 e. The maximum absolute atomic E-state index is 13.2. The van der Waals surface area contributed by atoms with Crippen LogP contribution in [0.4, 0.5) is 0 Å². The Labute approximate surface area is 257 Å². The van der Waals surface area contributed by atoms with Gasteiger partial charge in [0.05, 0.1) is 4.90 Å². The third kappa shape index (κ3) is 9.51. The van der Waals surface area contributed by atoms with Crippen LogP contribution in [0.2, 0.25) is 0 Å². The molecule has 1 saturated heterocycles. The Kier molecular flexibility index (Phi) is 13.2. The summed E-state index contributed by atoms with van der Waals surface area (Å²) in [5.41, 5.74) is 2.09. The van der Waals surface area contributed by atoms with Gasteiger partial charge >= 0.3 is 5.97 Å². The number of nitrogens with one attached hydrogen (secondary N) is 1. The standard InChI is InChI=1S/C33H41N3O4S.ClH/c1-3-32(33(37)40-26-27-13-7-4-8-14-27)34-30-20-23-36(24-21-30)22-19-29(28-15-9-5-10-16-28)25-35(2)41(38,39)31-17-11-6-12-18-31;/h3-18,29-30,32,34H,1,19-26H2,2H3;1H. The molecule has 9 heteroatoms. The highest BCUT2D eigenvalue weighted by Crippen LogP contribution is 2.25. The Morgan fingerprint density at radius 2 is 1.57 bits per heavy atom. The van der Waals surface area contributed by atoms with E-state index in [1.54, 1.807) is 37.4 Å². The number of esters is 1. The molecule has 3 aromatic carbocycles. The van der Waals surface area contributed by atoms with Crippen molar-refractivity contribution in [3.63, 3.8) is 0 Å². The van der Waals surface area contributed by atoms with E-state index in [9.17, 15) is 13.2 Å². The largest absolute Gasteiger partial charge is 0.459 e. The molecule has 2 atom stereocenters. The van der Waals surface area contributed by atoms with Gasteiger partial charge in [-0.1, -0.05) is 84.9 Å². The van der Waals surface area contributed by atoms with Crippen LogP contribution < -0.4 is 5.32 Å². The van der Waals surface area contributed by atoms with E-state index in [-0.39, 0.29) is 36.9 Å². The van der Waals surface area contributed by atoms with Gasteiger partial charge in [0.15, 0.2) is 0 Å². The molecule has 42 heavy (non-hydrogen) atoms. The minimum Gasteiger partial charge on any atom is -0.459 e. The number of hydrogen-bond acceptors (Lipinski definition) is 6. The fourth-order valence-corrected chi connectivity index (χ4v) is 6.47. The molecule has 0 aromatic heterocycles. The third-order valence-electron chi connectivity index (χ3n) is 7.71. The Morgan fingerprint density at radius 3 is 2.17 bits per heavy atom. The summed E-state index contributed by atoms with van der Waals surface area (Å²) in [5, 5.41) is 3.42.